The van der Waals surface area contributed by atoms with E-state index in [0.29, 0.717) is 40.6 Å². The molecule has 7 rings (SSSR count). The summed E-state index contributed by atoms with van der Waals surface area (Å²) in [4.78, 5) is 22.0. The molecule has 1 aliphatic heterocycles. The predicted octanol–water partition coefficient (Wildman–Crippen LogP) is 4.09. The second-order valence-electron chi connectivity index (χ2n) is 9.13. The fourth-order valence-electron chi connectivity index (χ4n) is 4.96. The van der Waals surface area contributed by atoms with Crippen LogP contribution < -0.4 is 16.0 Å². The fourth-order valence-corrected chi connectivity index (χ4v) is 4.96. The Hall–Kier alpha value is -4.31. The van der Waals surface area contributed by atoms with Crippen molar-refractivity contribution in [2.45, 2.75) is 6.04 Å². The lowest BCUT2D eigenvalue weighted by Crippen LogP contribution is -2.22. The van der Waals surface area contributed by atoms with Crippen LogP contribution in [0.4, 0.5) is 26.2 Å². The van der Waals surface area contributed by atoms with Gasteiger partial charge in [0.05, 0.1) is 17.1 Å². The number of fused-ring (bicyclic) bond motifs is 2. The summed E-state index contributed by atoms with van der Waals surface area (Å²) in [5, 5.41) is 10.8. The van der Waals surface area contributed by atoms with Gasteiger partial charge in [-0.25, -0.2) is 19.3 Å². The van der Waals surface area contributed by atoms with E-state index in [1.54, 1.807) is 24.5 Å². The number of nitrogens with zero attached hydrogens (tertiary/aromatic N) is 5. The Bertz CT molecular complexity index is 1570. The van der Waals surface area contributed by atoms with Gasteiger partial charge in [-0.2, -0.15) is 9.37 Å². The third-order valence-corrected chi connectivity index (χ3v) is 6.94. The standard InChI is InChI=1S/C26H20F2N8/c27-18-4-5-20(28)33-25(18)34-21-8-14(6-7-31-21)24-32-19-12-30-9-15(13-2-1-3-13)22(19)26(36-24)35-23-16-10-29-11-17(16)23/h1-9,12,16-17,23,29H,10-11H2,(H,31,33,34)(H,32,35,36)/t16-,17?,23?/m1/s1. The Kier molecular flexibility index (Phi) is 4.74. The summed E-state index contributed by atoms with van der Waals surface area (Å²) in [6.07, 6.45) is 11.2. The minimum absolute atomic E-state index is 0.244. The maximum Gasteiger partial charge on any atom is 0.214 e. The van der Waals surface area contributed by atoms with Crippen molar-refractivity contribution in [1.29, 1.82) is 0 Å². The number of piperidine rings is 1. The van der Waals surface area contributed by atoms with Gasteiger partial charge in [0.25, 0.3) is 0 Å². The van der Waals surface area contributed by atoms with Crippen LogP contribution in [0.2, 0.25) is 0 Å². The number of halogens is 2. The first-order chi connectivity index (χ1) is 17.6. The summed E-state index contributed by atoms with van der Waals surface area (Å²) >= 11 is 0. The molecule has 2 aliphatic carbocycles. The van der Waals surface area contributed by atoms with Crippen LogP contribution in [0.1, 0.15) is 5.56 Å². The third-order valence-electron chi connectivity index (χ3n) is 6.94. The first-order valence-corrected chi connectivity index (χ1v) is 11.7. The summed E-state index contributed by atoms with van der Waals surface area (Å²) in [6.45, 7) is 2.01. The van der Waals surface area contributed by atoms with Gasteiger partial charge in [-0.3, -0.25) is 4.98 Å². The van der Waals surface area contributed by atoms with Gasteiger partial charge in [-0.05, 0) is 41.7 Å². The van der Waals surface area contributed by atoms with Gasteiger partial charge in [0, 0.05) is 42.7 Å². The largest absolute Gasteiger partial charge is 0.366 e. The highest BCUT2D eigenvalue weighted by molar-refractivity contribution is 6.02. The summed E-state index contributed by atoms with van der Waals surface area (Å²) in [5.41, 5.74) is 3.46. The highest BCUT2D eigenvalue weighted by Gasteiger charge is 2.53. The van der Waals surface area contributed by atoms with E-state index in [1.165, 1.54) is 0 Å². The second-order valence-corrected chi connectivity index (χ2v) is 9.13. The number of pyridine rings is 3. The average Bonchev–Trinajstić information content (AvgIpc) is 3.25. The Balaban J connectivity index is 1.30. The smallest absolute Gasteiger partial charge is 0.214 e. The van der Waals surface area contributed by atoms with E-state index in [9.17, 15) is 8.78 Å². The minimum atomic E-state index is -0.789. The van der Waals surface area contributed by atoms with Crippen LogP contribution in [0.3, 0.4) is 0 Å². The number of rotatable bonds is 6. The van der Waals surface area contributed by atoms with Gasteiger partial charge in [0.2, 0.25) is 5.95 Å². The number of nitrogens with one attached hydrogen (secondary N) is 3. The lowest BCUT2D eigenvalue weighted by Gasteiger charge is -2.17. The van der Waals surface area contributed by atoms with E-state index in [0.717, 1.165) is 47.6 Å². The number of hydrogen-bond acceptors (Lipinski definition) is 8. The summed E-state index contributed by atoms with van der Waals surface area (Å²) in [6, 6.07) is 5.79. The molecule has 1 saturated carbocycles. The Morgan fingerprint density at radius 1 is 0.972 bits per heavy atom. The lowest BCUT2D eigenvalue weighted by molar-refractivity contribution is 0.564. The third kappa shape index (κ3) is 3.57. The Morgan fingerprint density at radius 3 is 2.64 bits per heavy atom. The predicted molar refractivity (Wildman–Crippen MR) is 132 cm³/mol. The van der Waals surface area contributed by atoms with Crippen LogP contribution in [-0.2, 0) is 0 Å². The summed E-state index contributed by atoms with van der Waals surface area (Å²) in [7, 11) is 0. The first kappa shape index (κ1) is 21.0. The second kappa shape index (κ2) is 8.13. The van der Waals surface area contributed by atoms with Crippen LogP contribution in [-0.4, -0.2) is 44.1 Å². The molecule has 2 unspecified atom stereocenters. The highest BCUT2D eigenvalue weighted by Crippen LogP contribution is 2.45. The zero-order valence-electron chi connectivity index (χ0n) is 18.9. The number of allylic oxidation sites excluding steroid dienone is 4. The van der Waals surface area contributed by atoms with Gasteiger partial charge >= 0.3 is 0 Å². The molecule has 0 spiro atoms. The van der Waals surface area contributed by atoms with E-state index >= 15 is 0 Å². The number of anilines is 3. The normalized spacial score (nSPS) is 21.6. The van der Waals surface area contributed by atoms with Gasteiger partial charge in [0.15, 0.2) is 17.5 Å². The van der Waals surface area contributed by atoms with Gasteiger partial charge in [-0.15, -0.1) is 0 Å². The average molecular weight is 482 g/mol. The first-order valence-electron chi connectivity index (χ1n) is 11.7. The molecule has 3 atom stereocenters. The van der Waals surface area contributed by atoms with Crippen molar-refractivity contribution < 1.29 is 8.78 Å². The molecular weight excluding hydrogens is 462 g/mol. The van der Waals surface area contributed by atoms with Crippen molar-refractivity contribution in [3.05, 3.63) is 78.4 Å². The number of hydrogen-bond donors (Lipinski definition) is 3. The van der Waals surface area contributed by atoms with E-state index in [4.69, 9.17) is 9.97 Å². The van der Waals surface area contributed by atoms with Crippen LogP contribution in [0.25, 0.3) is 27.9 Å². The zero-order valence-corrected chi connectivity index (χ0v) is 18.9. The molecule has 0 bridgehead atoms. The van der Waals surface area contributed by atoms with Crippen molar-refractivity contribution in [2.24, 2.45) is 11.8 Å². The molecule has 0 amide bonds. The fraction of sp³-hybridized carbons (Fsp3) is 0.192. The molecule has 4 aromatic heterocycles. The van der Waals surface area contributed by atoms with E-state index in [-0.39, 0.29) is 5.82 Å². The quantitative estimate of drug-likeness (QED) is 0.354. The molecule has 8 nitrogen and oxygen atoms in total. The molecular formula is C26H20F2N8. The van der Waals surface area contributed by atoms with Crippen LogP contribution in [0.15, 0.2) is 61.1 Å². The Morgan fingerprint density at radius 2 is 1.83 bits per heavy atom. The molecule has 0 radical (unpaired) electrons. The van der Waals surface area contributed by atoms with Crippen LogP contribution in [0.5, 0.6) is 0 Å². The molecule has 3 N–H and O–H groups in total. The molecule has 10 heteroatoms. The zero-order chi connectivity index (χ0) is 24.2. The van der Waals surface area contributed by atoms with E-state index < -0.39 is 11.8 Å². The molecule has 5 heterocycles. The SMILES string of the molecule is Fc1ccc(F)c(Nc2cc(-c3nc(NC4C5CNC[C@H]54)c4c(C5=CC=C5)cncc4n3)ccn2)n1. The maximum atomic E-state index is 14.1. The molecule has 1 saturated heterocycles. The molecule has 0 aromatic carbocycles. The van der Waals surface area contributed by atoms with Crippen LogP contribution >= 0.6 is 0 Å². The molecule has 4 aromatic rings. The van der Waals surface area contributed by atoms with Crippen molar-refractivity contribution >= 4 is 33.9 Å². The molecule has 36 heavy (non-hydrogen) atoms. The molecule has 178 valence electrons. The van der Waals surface area contributed by atoms with Crippen molar-refractivity contribution in [3.8, 4) is 11.4 Å². The Labute approximate surface area is 204 Å². The maximum absolute atomic E-state index is 14.1. The highest BCUT2D eigenvalue weighted by atomic mass is 19.1. The van der Waals surface area contributed by atoms with Gasteiger partial charge in [0.1, 0.15) is 11.6 Å². The van der Waals surface area contributed by atoms with E-state index in [1.807, 2.05) is 24.4 Å². The van der Waals surface area contributed by atoms with Gasteiger partial charge in [-0.1, -0.05) is 18.2 Å². The van der Waals surface area contributed by atoms with Crippen molar-refractivity contribution in [1.82, 2.24) is 30.2 Å². The monoisotopic (exact) mass is 482 g/mol. The minimum Gasteiger partial charge on any atom is -0.366 e. The molecule has 2 fully saturated rings. The lowest BCUT2D eigenvalue weighted by atomic mass is 9.97. The van der Waals surface area contributed by atoms with Gasteiger partial charge < -0.3 is 16.0 Å². The molecule has 3 aliphatic rings. The van der Waals surface area contributed by atoms with Crippen LogP contribution in [0, 0.1) is 23.6 Å². The topological polar surface area (TPSA) is 101 Å². The number of aromatic nitrogens is 5. The summed E-state index contributed by atoms with van der Waals surface area (Å²) in [5.74, 6) is 1.01. The summed E-state index contributed by atoms with van der Waals surface area (Å²) < 4.78 is 27.6. The van der Waals surface area contributed by atoms with Crippen molar-refractivity contribution in [3.63, 3.8) is 0 Å². The van der Waals surface area contributed by atoms with E-state index in [2.05, 4.69) is 30.9 Å². The van der Waals surface area contributed by atoms with Crippen molar-refractivity contribution in [2.75, 3.05) is 23.7 Å².